The van der Waals surface area contributed by atoms with Gasteiger partial charge in [0.1, 0.15) is 0 Å². The summed E-state index contributed by atoms with van der Waals surface area (Å²) in [4.78, 5) is 0. The van der Waals surface area contributed by atoms with Gasteiger partial charge in [-0.15, -0.1) is 0 Å². The monoisotopic (exact) mass is 325 g/mol. The highest BCUT2D eigenvalue weighted by atomic mass is 14.9. The van der Waals surface area contributed by atoms with Gasteiger partial charge in [-0.2, -0.15) is 0 Å². The highest BCUT2D eigenvalue weighted by Crippen LogP contribution is 2.37. The molecule has 1 aliphatic rings. The van der Waals surface area contributed by atoms with E-state index >= 15 is 0 Å². The standard InChI is InChI=1S/C24H23N/c1-17-14-18(2)23(15-17)22-13-12-19-8-6-7-11-21(19)24(22)16-25-20-9-4-3-5-10-20/h3-15,23,25H,16H2,1-2H3. The maximum absolute atomic E-state index is 3.60. The summed E-state index contributed by atoms with van der Waals surface area (Å²) in [5.74, 6) is 0.386. The van der Waals surface area contributed by atoms with Gasteiger partial charge in [-0.25, -0.2) is 0 Å². The Kier molecular flexibility index (Phi) is 4.15. The van der Waals surface area contributed by atoms with Crippen LogP contribution < -0.4 is 5.32 Å². The van der Waals surface area contributed by atoms with Crippen LogP contribution in [0, 0.1) is 0 Å². The van der Waals surface area contributed by atoms with Crippen molar-refractivity contribution in [2.45, 2.75) is 26.3 Å². The summed E-state index contributed by atoms with van der Waals surface area (Å²) in [7, 11) is 0. The molecule has 0 fully saturated rings. The molecule has 3 aromatic rings. The van der Waals surface area contributed by atoms with Gasteiger partial charge in [0, 0.05) is 18.2 Å². The van der Waals surface area contributed by atoms with Crippen molar-refractivity contribution in [3.05, 3.63) is 101 Å². The van der Waals surface area contributed by atoms with Crippen LogP contribution in [0.3, 0.4) is 0 Å². The first-order valence-corrected chi connectivity index (χ1v) is 8.88. The van der Waals surface area contributed by atoms with Crippen molar-refractivity contribution in [2.75, 3.05) is 5.32 Å². The fourth-order valence-electron chi connectivity index (χ4n) is 3.81. The molecule has 4 rings (SSSR count). The van der Waals surface area contributed by atoms with Crippen molar-refractivity contribution >= 4 is 16.5 Å². The van der Waals surface area contributed by atoms with Gasteiger partial charge < -0.3 is 5.32 Å². The largest absolute Gasteiger partial charge is 0.381 e. The fourth-order valence-corrected chi connectivity index (χ4v) is 3.81. The Bertz CT molecular complexity index is 964. The average molecular weight is 325 g/mol. The summed E-state index contributed by atoms with van der Waals surface area (Å²) in [6.45, 7) is 5.26. The molecule has 0 heterocycles. The number of para-hydroxylation sites is 1. The van der Waals surface area contributed by atoms with E-state index in [4.69, 9.17) is 0 Å². The Balaban J connectivity index is 1.79. The first-order valence-electron chi connectivity index (χ1n) is 8.88. The highest BCUT2D eigenvalue weighted by Gasteiger charge is 2.20. The van der Waals surface area contributed by atoms with E-state index in [9.17, 15) is 0 Å². The SMILES string of the molecule is CC1=CC(c2ccc3ccccc3c2CNc2ccccc2)C(C)=C1. The molecule has 1 heteroatoms. The quantitative estimate of drug-likeness (QED) is 0.582. The summed E-state index contributed by atoms with van der Waals surface area (Å²) >= 11 is 0. The molecule has 1 atom stereocenters. The van der Waals surface area contributed by atoms with E-state index in [0.717, 1.165) is 12.2 Å². The van der Waals surface area contributed by atoms with E-state index in [1.54, 1.807) is 0 Å². The molecule has 0 amide bonds. The lowest BCUT2D eigenvalue weighted by Crippen LogP contribution is -2.07. The average Bonchev–Trinajstić information content (AvgIpc) is 2.98. The van der Waals surface area contributed by atoms with Crippen LogP contribution >= 0.6 is 0 Å². The van der Waals surface area contributed by atoms with Crippen molar-refractivity contribution < 1.29 is 0 Å². The van der Waals surface area contributed by atoms with Gasteiger partial charge in [0.05, 0.1) is 0 Å². The Labute approximate surface area is 149 Å². The predicted octanol–water partition coefficient (Wildman–Crippen LogP) is 6.44. The van der Waals surface area contributed by atoms with Crippen LogP contribution in [-0.4, -0.2) is 0 Å². The summed E-state index contributed by atoms with van der Waals surface area (Å²) in [6.07, 6.45) is 4.68. The zero-order chi connectivity index (χ0) is 17.2. The topological polar surface area (TPSA) is 12.0 Å². The van der Waals surface area contributed by atoms with E-state index in [1.807, 2.05) is 0 Å². The lowest BCUT2D eigenvalue weighted by molar-refractivity contribution is 0.975. The minimum atomic E-state index is 0.386. The second kappa shape index (κ2) is 6.60. The normalized spacial score (nSPS) is 16.6. The predicted molar refractivity (Wildman–Crippen MR) is 108 cm³/mol. The lowest BCUT2D eigenvalue weighted by atomic mass is 9.87. The van der Waals surface area contributed by atoms with Crippen LogP contribution in [0.1, 0.15) is 30.9 Å². The molecule has 1 unspecified atom stereocenters. The van der Waals surface area contributed by atoms with Crippen molar-refractivity contribution in [3.8, 4) is 0 Å². The van der Waals surface area contributed by atoms with Gasteiger partial charge in [-0.05, 0) is 47.9 Å². The van der Waals surface area contributed by atoms with Gasteiger partial charge in [0.2, 0.25) is 0 Å². The molecule has 0 aromatic heterocycles. The number of nitrogens with one attached hydrogen (secondary N) is 1. The Morgan fingerprint density at radius 1 is 0.840 bits per heavy atom. The first kappa shape index (κ1) is 15.7. The number of benzene rings is 3. The Morgan fingerprint density at radius 3 is 2.36 bits per heavy atom. The molecule has 0 spiro atoms. The molecule has 124 valence electrons. The second-order valence-corrected chi connectivity index (χ2v) is 6.85. The molecule has 0 aliphatic heterocycles. The minimum Gasteiger partial charge on any atom is -0.381 e. The molecule has 1 aliphatic carbocycles. The van der Waals surface area contributed by atoms with E-state index < -0.39 is 0 Å². The van der Waals surface area contributed by atoms with Crippen LogP contribution in [0.5, 0.6) is 0 Å². The van der Waals surface area contributed by atoms with Gasteiger partial charge in [0.25, 0.3) is 0 Å². The van der Waals surface area contributed by atoms with Crippen LogP contribution in [0.4, 0.5) is 5.69 Å². The van der Waals surface area contributed by atoms with Crippen molar-refractivity contribution in [1.82, 2.24) is 0 Å². The third-order valence-corrected chi connectivity index (χ3v) is 5.03. The van der Waals surface area contributed by atoms with Crippen LogP contribution in [-0.2, 0) is 6.54 Å². The molecule has 0 saturated carbocycles. The molecule has 0 saturated heterocycles. The maximum Gasteiger partial charge on any atom is 0.0410 e. The summed E-state index contributed by atoms with van der Waals surface area (Å²) < 4.78 is 0. The maximum atomic E-state index is 3.60. The number of hydrogen-bond acceptors (Lipinski definition) is 1. The smallest absolute Gasteiger partial charge is 0.0410 e. The molecular formula is C24H23N. The summed E-state index contributed by atoms with van der Waals surface area (Å²) in [5, 5.41) is 6.25. The minimum absolute atomic E-state index is 0.386. The van der Waals surface area contributed by atoms with Gasteiger partial charge in [-0.3, -0.25) is 0 Å². The van der Waals surface area contributed by atoms with E-state index in [0.29, 0.717) is 5.92 Å². The van der Waals surface area contributed by atoms with Gasteiger partial charge >= 0.3 is 0 Å². The molecule has 1 nitrogen and oxygen atoms in total. The third-order valence-electron chi connectivity index (χ3n) is 5.03. The van der Waals surface area contributed by atoms with Crippen LogP contribution in [0.2, 0.25) is 0 Å². The number of rotatable bonds is 4. The van der Waals surface area contributed by atoms with Crippen molar-refractivity contribution in [2.24, 2.45) is 0 Å². The third kappa shape index (κ3) is 3.10. The van der Waals surface area contributed by atoms with E-state index in [2.05, 4.69) is 98.0 Å². The molecule has 0 radical (unpaired) electrons. The summed E-state index contributed by atoms with van der Waals surface area (Å²) in [5.41, 5.74) is 6.75. The van der Waals surface area contributed by atoms with Crippen molar-refractivity contribution in [1.29, 1.82) is 0 Å². The molecule has 25 heavy (non-hydrogen) atoms. The Morgan fingerprint density at radius 2 is 1.60 bits per heavy atom. The number of anilines is 1. The summed E-state index contributed by atoms with van der Waals surface area (Å²) in [6, 6.07) is 23.7. The second-order valence-electron chi connectivity index (χ2n) is 6.85. The highest BCUT2D eigenvalue weighted by molar-refractivity contribution is 5.87. The van der Waals surface area contributed by atoms with Crippen molar-refractivity contribution in [3.63, 3.8) is 0 Å². The van der Waals surface area contributed by atoms with Gasteiger partial charge in [-0.1, -0.05) is 77.9 Å². The van der Waals surface area contributed by atoms with E-state index in [-0.39, 0.29) is 0 Å². The molecule has 0 bridgehead atoms. The molecular weight excluding hydrogens is 302 g/mol. The molecule has 3 aromatic carbocycles. The first-order chi connectivity index (χ1) is 12.2. The number of hydrogen-bond donors (Lipinski definition) is 1. The number of fused-ring (bicyclic) bond motifs is 1. The fraction of sp³-hybridized carbons (Fsp3) is 0.167. The molecule has 1 N–H and O–H groups in total. The Hall–Kier alpha value is -2.80. The van der Waals surface area contributed by atoms with E-state index in [1.165, 1.54) is 33.0 Å². The van der Waals surface area contributed by atoms with Gasteiger partial charge in [0.15, 0.2) is 0 Å². The van der Waals surface area contributed by atoms with Crippen LogP contribution in [0.15, 0.2) is 90.0 Å². The zero-order valence-corrected chi connectivity index (χ0v) is 14.8. The number of allylic oxidation sites excluding steroid dienone is 4. The lowest BCUT2D eigenvalue weighted by Gasteiger charge is -2.19. The van der Waals surface area contributed by atoms with Crippen LogP contribution in [0.25, 0.3) is 10.8 Å². The zero-order valence-electron chi connectivity index (χ0n) is 14.8.